The molecule has 0 saturated heterocycles. The van der Waals surface area contributed by atoms with Gasteiger partial charge in [-0.3, -0.25) is 14.7 Å². The Bertz CT molecular complexity index is 899. The van der Waals surface area contributed by atoms with Crippen LogP contribution in [0, 0.1) is 0 Å². The number of carbonyl (C=O) groups excluding carboxylic acids is 3. The lowest BCUT2D eigenvalue weighted by atomic mass is 9.99. The fourth-order valence-corrected chi connectivity index (χ4v) is 3.40. The van der Waals surface area contributed by atoms with Crippen molar-refractivity contribution in [3.8, 4) is 5.75 Å². The molecule has 2 aromatic rings. The fourth-order valence-electron chi connectivity index (χ4n) is 2.46. The average Bonchev–Trinajstić information content (AvgIpc) is 3.10. The van der Waals surface area contributed by atoms with E-state index in [1.54, 1.807) is 14.0 Å². The molecule has 134 valence electrons. The highest BCUT2D eigenvalue weighted by atomic mass is 32.2. The number of fused-ring (bicyclic) bond motifs is 1. The maximum atomic E-state index is 12.7. The number of nitrogens with one attached hydrogen (secondary N) is 1. The number of hydrogen-bond donors (Lipinski definition) is 1. The van der Waals surface area contributed by atoms with Crippen LogP contribution in [0.1, 0.15) is 43.8 Å². The third-order valence-electron chi connectivity index (χ3n) is 3.75. The van der Waals surface area contributed by atoms with Gasteiger partial charge in [-0.15, -0.1) is 11.8 Å². The maximum Gasteiger partial charge on any atom is 0.357 e. The molecule has 0 bridgehead atoms. The normalized spacial score (nSPS) is 13.2. The van der Waals surface area contributed by atoms with E-state index < -0.39 is 17.5 Å². The topological polar surface area (TPSA) is 98.4 Å². The van der Waals surface area contributed by atoms with Gasteiger partial charge in [0.2, 0.25) is 11.6 Å². The van der Waals surface area contributed by atoms with Gasteiger partial charge < -0.3 is 9.47 Å². The maximum absolute atomic E-state index is 12.7. The van der Waals surface area contributed by atoms with Crippen molar-refractivity contribution < 1.29 is 23.9 Å². The minimum atomic E-state index is -0.705. The number of hydrogen-bond acceptors (Lipinski definition) is 7. The summed E-state index contributed by atoms with van der Waals surface area (Å²) in [6, 6.07) is 7.42. The number of Topliss-reactive ketones (excluding diaryl/α,β-unsaturated/α-hetero) is 1. The summed E-state index contributed by atoms with van der Waals surface area (Å²) < 4.78 is 10.0. The molecule has 0 spiro atoms. The molecule has 3 rings (SSSR count). The Balaban J connectivity index is 1.80. The Morgan fingerprint density at radius 3 is 2.62 bits per heavy atom. The van der Waals surface area contributed by atoms with Crippen molar-refractivity contribution in [2.45, 2.75) is 12.7 Å². The lowest BCUT2D eigenvalue weighted by Crippen LogP contribution is -2.18. The van der Waals surface area contributed by atoms with Crippen LogP contribution in [0.25, 0.3) is 0 Å². The quantitative estimate of drug-likeness (QED) is 0.779. The first-order valence-corrected chi connectivity index (χ1v) is 8.85. The molecule has 1 aromatic heterocycles. The predicted molar refractivity (Wildman–Crippen MR) is 95.6 cm³/mol. The number of H-pyrrole nitrogens is 1. The van der Waals surface area contributed by atoms with E-state index in [9.17, 15) is 14.4 Å². The van der Waals surface area contributed by atoms with E-state index in [0.717, 1.165) is 11.3 Å². The highest BCUT2D eigenvalue weighted by Gasteiger charge is 2.34. The third-order valence-corrected chi connectivity index (χ3v) is 4.84. The summed E-state index contributed by atoms with van der Waals surface area (Å²) in [6.07, 6.45) is 1.26. The number of aromatic amines is 1. The number of methoxy groups -OCH3 is 1. The predicted octanol–water partition coefficient (Wildman–Crippen LogP) is 2.79. The molecule has 0 unspecified atom stereocenters. The number of benzene rings is 1. The molecule has 7 nitrogen and oxygen atoms in total. The van der Waals surface area contributed by atoms with Crippen molar-refractivity contribution in [3.63, 3.8) is 0 Å². The van der Waals surface area contributed by atoms with Gasteiger partial charge in [0.25, 0.3) is 0 Å². The number of allylic oxidation sites excluding steroid dienone is 2. The first-order chi connectivity index (χ1) is 12.5. The lowest BCUT2D eigenvalue weighted by molar-refractivity contribution is 0.0516. The molecule has 0 fully saturated rings. The van der Waals surface area contributed by atoms with Gasteiger partial charge in [-0.1, -0.05) is 12.1 Å². The Morgan fingerprint density at radius 2 is 1.96 bits per heavy atom. The molecular formula is C18H16N2O5S. The number of thioether (sulfide) groups is 1. The van der Waals surface area contributed by atoms with E-state index >= 15 is 0 Å². The van der Waals surface area contributed by atoms with E-state index in [4.69, 9.17) is 9.47 Å². The van der Waals surface area contributed by atoms with Crippen LogP contribution in [-0.4, -0.2) is 41.4 Å². The Labute approximate surface area is 153 Å². The van der Waals surface area contributed by atoms with Crippen molar-refractivity contribution >= 4 is 29.3 Å². The molecule has 26 heavy (non-hydrogen) atoms. The molecule has 1 heterocycles. The van der Waals surface area contributed by atoms with Gasteiger partial charge in [0.1, 0.15) is 11.4 Å². The van der Waals surface area contributed by atoms with E-state index in [1.807, 2.05) is 24.3 Å². The molecule has 1 aliphatic rings. The first-order valence-electron chi connectivity index (χ1n) is 7.87. The number of ketones is 2. The Hall–Kier alpha value is -2.87. The van der Waals surface area contributed by atoms with Crippen LogP contribution in [0.15, 0.2) is 35.2 Å². The number of aromatic nitrogens is 2. The summed E-state index contributed by atoms with van der Waals surface area (Å²) in [7, 11) is 1.59. The zero-order valence-electron chi connectivity index (χ0n) is 14.2. The number of rotatable bonds is 6. The molecule has 0 aliphatic heterocycles. The van der Waals surface area contributed by atoms with Crippen molar-refractivity contribution in [3.05, 3.63) is 57.8 Å². The minimum Gasteiger partial charge on any atom is -0.497 e. The van der Waals surface area contributed by atoms with Gasteiger partial charge in [0, 0.05) is 11.8 Å². The van der Waals surface area contributed by atoms with E-state index in [-0.39, 0.29) is 28.5 Å². The van der Waals surface area contributed by atoms with Crippen LogP contribution in [0.3, 0.4) is 0 Å². The van der Waals surface area contributed by atoms with Crippen LogP contribution >= 0.6 is 11.8 Å². The molecular weight excluding hydrogens is 356 g/mol. The van der Waals surface area contributed by atoms with Crippen molar-refractivity contribution in [1.29, 1.82) is 0 Å². The van der Waals surface area contributed by atoms with Gasteiger partial charge in [-0.05, 0) is 24.6 Å². The summed E-state index contributed by atoms with van der Waals surface area (Å²) in [5.74, 6) is -0.289. The van der Waals surface area contributed by atoms with Crippen LogP contribution in [0.2, 0.25) is 0 Å². The largest absolute Gasteiger partial charge is 0.497 e. The van der Waals surface area contributed by atoms with Gasteiger partial charge in [0.05, 0.1) is 24.2 Å². The number of esters is 1. The average molecular weight is 372 g/mol. The third kappa shape index (κ3) is 3.41. The Kier molecular flexibility index (Phi) is 5.22. The highest BCUT2D eigenvalue weighted by Crippen LogP contribution is 2.31. The number of carbonyl (C=O) groups is 3. The smallest absolute Gasteiger partial charge is 0.357 e. The standard InChI is InChI=1S/C18H16N2O5S/c1-3-25-18(23)16-14-15(19-20-16)12(21)8-13(17(14)22)26-9-10-4-6-11(24-2)7-5-10/h4-8H,3,9H2,1-2H3,(H,19,20). The Morgan fingerprint density at radius 1 is 1.23 bits per heavy atom. The molecule has 1 aliphatic carbocycles. The molecule has 0 atom stereocenters. The van der Waals surface area contributed by atoms with Gasteiger partial charge in [-0.2, -0.15) is 5.10 Å². The lowest BCUT2D eigenvalue weighted by Gasteiger charge is -2.12. The summed E-state index contributed by atoms with van der Waals surface area (Å²) in [5, 5.41) is 6.25. The first kappa shape index (κ1) is 17.9. The molecule has 0 radical (unpaired) electrons. The summed E-state index contributed by atoms with van der Waals surface area (Å²) in [5.41, 5.74) is 0.816. The van der Waals surface area contributed by atoms with Gasteiger partial charge in [0.15, 0.2) is 5.69 Å². The van der Waals surface area contributed by atoms with Gasteiger partial charge >= 0.3 is 5.97 Å². The second kappa shape index (κ2) is 7.57. The highest BCUT2D eigenvalue weighted by molar-refractivity contribution is 8.03. The van der Waals surface area contributed by atoms with Gasteiger partial charge in [-0.25, -0.2) is 4.79 Å². The molecule has 0 saturated carbocycles. The van der Waals surface area contributed by atoms with Crippen LogP contribution in [-0.2, 0) is 10.5 Å². The second-order valence-electron chi connectivity index (χ2n) is 5.38. The minimum absolute atomic E-state index is 0.0202. The molecule has 8 heteroatoms. The van der Waals surface area contributed by atoms with Crippen LogP contribution in [0.4, 0.5) is 0 Å². The van der Waals surface area contributed by atoms with Crippen molar-refractivity contribution in [1.82, 2.24) is 10.2 Å². The molecule has 1 aromatic carbocycles. The van der Waals surface area contributed by atoms with Crippen LogP contribution in [0.5, 0.6) is 5.75 Å². The summed E-state index contributed by atoms with van der Waals surface area (Å²) in [6.45, 7) is 1.81. The zero-order valence-corrected chi connectivity index (χ0v) is 15.0. The van der Waals surface area contributed by atoms with E-state index in [0.29, 0.717) is 5.75 Å². The summed E-state index contributed by atoms with van der Waals surface area (Å²) >= 11 is 1.23. The van der Waals surface area contributed by atoms with E-state index in [1.165, 1.54) is 17.8 Å². The fraction of sp³-hybridized carbons (Fsp3) is 0.222. The molecule has 1 N–H and O–H groups in total. The van der Waals surface area contributed by atoms with Crippen LogP contribution < -0.4 is 4.74 Å². The molecule has 0 amide bonds. The van der Waals surface area contributed by atoms with Crippen molar-refractivity contribution in [2.75, 3.05) is 13.7 Å². The summed E-state index contributed by atoms with van der Waals surface area (Å²) in [4.78, 5) is 37.2. The SMILES string of the molecule is CCOC(=O)c1[nH]nc2c1C(=O)C(SCc1ccc(OC)cc1)=CC2=O. The van der Waals surface area contributed by atoms with Crippen molar-refractivity contribution in [2.24, 2.45) is 0 Å². The number of ether oxygens (including phenoxy) is 2. The monoisotopic (exact) mass is 372 g/mol. The number of nitrogens with zero attached hydrogens (tertiary/aromatic N) is 1. The second-order valence-corrected chi connectivity index (χ2v) is 6.40. The zero-order chi connectivity index (χ0) is 18.7. The van der Waals surface area contributed by atoms with E-state index in [2.05, 4.69) is 10.2 Å².